The molecule has 0 aromatic heterocycles. The van der Waals surface area contributed by atoms with E-state index < -0.39 is 16.0 Å². The number of halogens is 1. The molecule has 5 nitrogen and oxygen atoms in total. The van der Waals surface area contributed by atoms with E-state index in [9.17, 15) is 13.2 Å². The van der Waals surface area contributed by atoms with Crippen molar-refractivity contribution in [2.45, 2.75) is 4.90 Å². The fraction of sp³-hybridized carbons (Fsp3) is 0.133. The number of hydrogen-bond donors (Lipinski definition) is 0. The Morgan fingerprint density at radius 2 is 1.82 bits per heavy atom. The summed E-state index contributed by atoms with van der Waals surface area (Å²) < 4.78 is 31.8. The number of methoxy groups -OCH3 is 1. The highest BCUT2D eigenvalue weighted by atomic mass is 79.9. The number of esters is 1. The summed E-state index contributed by atoms with van der Waals surface area (Å²) in [6.07, 6.45) is 0. The Labute approximate surface area is 137 Å². The monoisotopic (exact) mass is 383 g/mol. The van der Waals surface area contributed by atoms with Crippen LogP contribution in [-0.2, 0) is 14.8 Å². The second-order valence-electron chi connectivity index (χ2n) is 4.44. The molecule has 0 aliphatic rings. The Bertz CT molecular complexity index is 805. The number of carbonyl (C=O) groups excluding carboxylic acids is 1. The van der Waals surface area contributed by atoms with Gasteiger partial charge in [0.2, 0.25) is 0 Å². The first-order valence-electron chi connectivity index (χ1n) is 6.30. The lowest BCUT2D eigenvalue weighted by Crippen LogP contribution is -2.28. The van der Waals surface area contributed by atoms with Crippen LogP contribution in [0.25, 0.3) is 0 Å². The lowest BCUT2D eigenvalue weighted by Gasteiger charge is -2.21. The van der Waals surface area contributed by atoms with Crippen LogP contribution < -0.4 is 4.31 Å². The van der Waals surface area contributed by atoms with Crippen LogP contribution in [0.15, 0.2) is 57.9 Å². The summed E-state index contributed by atoms with van der Waals surface area (Å²) in [6.45, 7) is 0. The second kappa shape index (κ2) is 6.50. The van der Waals surface area contributed by atoms with E-state index in [2.05, 4.69) is 15.9 Å². The van der Waals surface area contributed by atoms with Crippen molar-refractivity contribution in [3.63, 3.8) is 0 Å². The molecule has 0 atom stereocenters. The topological polar surface area (TPSA) is 63.7 Å². The largest absolute Gasteiger partial charge is 0.465 e. The fourth-order valence-electron chi connectivity index (χ4n) is 1.95. The number of ether oxygens (including phenoxy) is 1. The van der Waals surface area contributed by atoms with Crippen molar-refractivity contribution in [1.82, 2.24) is 0 Å². The summed E-state index contributed by atoms with van der Waals surface area (Å²) in [6, 6.07) is 12.8. The second-order valence-corrected chi connectivity index (χ2v) is 7.32. The highest BCUT2D eigenvalue weighted by Gasteiger charge is 2.25. The molecule has 0 saturated heterocycles. The van der Waals surface area contributed by atoms with E-state index in [0.29, 0.717) is 4.47 Å². The molecule has 0 unspecified atom stereocenters. The minimum atomic E-state index is -3.78. The third-order valence-electron chi connectivity index (χ3n) is 3.10. The molecule has 0 spiro atoms. The third kappa shape index (κ3) is 3.15. The molecular weight excluding hydrogens is 370 g/mol. The van der Waals surface area contributed by atoms with Crippen molar-refractivity contribution in [2.75, 3.05) is 18.5 Å². The number of rotatable bonds is 4. The summed E-state index contributed by atoms with van der Waals surface area (Å²) in [4.78, 5) is 11.9. The average Bonchev–Trinajstić information content (AvgIpc) is 2.53. The molecule has 0 amide bonds. The number of sulfonamides is 1. The van der Waals surface area contributed by atoms with E-state index in [1.165, 1.54) is 32.4 Å². The van der Waals surface area contributed by atoms with Crippen LogP contribution in [0.4, 0.5) is 5.69 Å². The maximum Gasteiger partial charge on any atom is 0.340 e. The average molecular weight is 384 g/mol. The molecule has 7 heteroatoms. The van der Waals surface area contributed by atoms with E-state index in [0.717, 1.165) is 4.31 Å². The summed E-state index contributed by atoms with van der Waals surface area (Å²) in [5.41, 5.74) is 0.445. The standard InChI is InChI=1S/C15H14BrNO4S/c1-17(14-9-4-3-8-13(14)15(18)21-2)22(19,20)12-7-5-6-11(16)10-12/h3-10H,1-2H3. The molecule has 2 aromatic carbocycles. The van der Waals surface area contributed by atoms with E-state index in [1.54, 1.807) is 30.3 Å². The van der Waals surface area contributed by atoms with Crippen molar-refractivity contribution in [3.05, 3.63) is 58.6 Å². The molecule has 0 saturated carbocycles. The molecule has 0 bridgehead atoms. The number of anilines is 1. The highest BCUT2D eigenvalue weighted by molar-refractivity contribution is 9.10. The highest BCUT2D eigenvalue weighted by Crippen LogP contribution is 2.27. The molecule has 22 heavy (non-hydrogen) atoms. The lowest BCUT2D eigenvalue weighted by molar-refractivity contribution is 0.0601. The van der Waals surface area contributed by atoms with Gasteiger partial charge in [-0.25, -0.2) is 13.2 Å². The zero-order valence-corrected chi connectivity index (χ0v) is 14.4. The van der Waals surface area contributed by atoms with E-state index in [-0.39, 0.29) is 16.1 Å². The maximum absolute atomic E-state index is 12.7. The predicted molar refractivity (Wildman–Crippen MR) is 87.5 cm³/mol. The maximum atomic E-state index is 12.7. The Balaban J connectivity index is 2.52. The molecule has 0 radical (unpaired) electrons. The van der Waals surface area contributed by atoms with Gasteiger partial charge < -0.3 is 4.74 Å². The van der Waals surface area contributed by atoms with Crippen molar-refractivity contribution >= 4 is 37.6 Å². The van der Waals surface area contributed by atoms with Gasteiger partial charge in [-0.05, 0) is 30.3 Å². The van der Waals surface area contributed by atoms with Crippen molar-refractivity contribution in [3.8, 4) is 0 Å². The molecule has 2 rings (SSSR count). The minimum Gasteiger partial charge on any atom is -0.465 e. The van der Waals surface area contributed by atoms with Crippen LogP contribution in [0.3, 0.4) is 0 Å². The Kier molecular flexibility index (Phi) is 4.87. The van der Waals surface area contributed by atoms with Gasteiger partial charge in [-0.3, -0.25) is 4.31 Å². The number of nitrogens with zero attached hydrogens (tertiary/aromatic N) is 1. The zero-order valence-electron chi connectivity index (χ0n) is 12.0. The van der Waals surface area contributed by atoms with Gasteiger partial charge in [0.15, 0.2) is 0 Å². The number of carbonyl (C=O) groups is 1. The van der Waals surface area contributed by atoms with Gasteiger partial charge in [-0.15, -0.1) is 0 Å². The number of hydrogen-bond acceptors (Lipinski definition) is 4. The molecule has 2 aromatic rings. The summed E-state index contributed by atoms with van der Waals surface area (Å²) >= 11 is 3.25. The molecule has 0 aliphatic carbocycles. The van der Waals surface area contributed by atoms with Crippen molar-refractivity contribution in [2.24, 2.45) is 0 Å². The van der Waals surface area contributed by atoms with Crippen LogP contribution >= 0.6 is 15.9 Å². The van der Waals surface area contributed by atoms with Crippen LogP contribution in [-0.4, -0.2) is 28.5 Å². The van der Waals surface area contributed by atoms with Gasteiger partial charge >= 0.3 is 5.97 Å². The Morgan fingerprint density at radius 1 is 1.14 bits per heavy atom. The van der Waals surface area contributed by atoms with Crippen LogP contribution in [0.1, 0.15) is 10.4 Å². The third-order valence-corrected chi connectivity index (χ3v) is 5.36. The smallest absolute Gasteiger partial charge is 0.340 e. The summed E-state index contributed by atoms with van der Waals surface area (Å²) in [5.74, 6) is -0.591. The van der Waals surface area contributed by atoms with E-state index in [4.69, 9.17) is 4.74 Å². The molecule has 0 heterocycles. The summed E-state index contributed by atoms with van der Waals surface area (Å²) in [7, 11) is -1.13. The van der Waals surface area contributed by atoms with Crippen LogP contribution in [0.5, 0.6) is 0 Å². The van der Waals surface area contributed by atoms with Gasteiger partial charge in [0.05, 0.1) is 23.3 Å². The fourth-order valence-corrected chi connectivity index (χ4v) is 3.76. The Morgan fingerprint density at radius 3 is 2.45 bits per heavy atom. The zero-order chi connectivity index (χ0) is 16.3. The first-order valence-corrected chi connectivity index (χ1v) is 8.53. The molecule has 0 fully saturated rings. The first-order chi connectivity index (χ1) is 10.4. The quantitative estimate of drug-likeness (QED) is 0.761. The predicted octanol–water partition coefficient (Wildman–Crippen LogP) is 3.06. The minimum absolute atomic E-state index is 0.129. The molecule has 116 valence electrons. The number of benzene rings is 2. The number of para-hydroxylation sites is 1. The van der Waals surface area contributed by atoms with E-state index >= 15 is 0 Å². The molecule has 0 aliphatic heterocycles. The first kappa shape index (κ1) is 16.5. The summed E-state index contributed by atoms with van der Waals surface area (Å²) in [5, 5.41) is 0. The van der Waals surface area contributed by atoms with Gasteiger partial charge in [-0.2, -0.15) is 0 Å². The van der Waals surface area contributed by atoms with Crippen LogP contribution in [0.2, 0.25) is 0 Å². The molecule has 0 N–H and O–H groups in total. The lowest BCUT2D eigenvalue weighted by atomic mass is 10.2. The van der Waals surface area contributed by atoms with Crippen molar-refractivity contribution in [1.29, 1.82) is 0 Å². The van der Waals surface area contributed by atoms with Crippen molar-refractivity contribution < 1.29 is 17.9 Å². The van der Waals surface area contributed by atoms with Gasteiger partial charge in [0, 0.05) is 11.5 Å². The molecular formula is C15H14BrNO4S. The van der Waals surface area contributed by atoms with Gasteiger partial charge in [0.25, 0.3) is 10.0 Å². The SMILES string of the molecule is COC(=O)c1ccccc1N(C)S(=O)(=O)c1cccc(Br)c1. The van der Waals surface area contributed by atoms with E-state index in [1.807, 2.05) is 0 Å². The van der Waals surface area contributed by atoms with Gasteiger partial charge in [0.1, 0.15) is 0 Å². The normalized spacial score (nSPS) is 11.0. The van der Waals surface area contributed by atoms with Gasteiger partial charge in [-0.1, -0.05) is 34.1 Å². The Hall–Kier alpha value is -1.86. The van der Waals surface area contributed by atoms with Crippen LogP contribution in [0, 0.1) is 0 Å².